The molecule has 84 valence electrons. The Morgan fingerprint density at radius 1 is 1.38 bits per heavy atom. The van der Waals surface area contributed by atoms with Crippen molar-refractivity contribution in [3.8, 4) is 0 Å². The first-order chi connectivity index (χ1) is 7.52. The van der Waals surface area contributed by atoms with Gasteiger partial charge >= 0.3 is 0 Å². The van der Waals surface area contributed by atoms with E-state index in [1.807, 2.05) is 38.1 Å². The molecule has 0 heterocycles. The Bertz CT molecular complexity index is 479. The molecule has 0 spiro atoms. The second-order valence-corrected chi connectivity index (χ2v) is 5.41. The lowest BCUT2D eigenvalue weighted by Crippen LogP contribution is -2.41. The van der Waals surface area contributed by atoms with Crippen LogP contribution in [0.4, 0.5) is 0 Å². The average Bonchev–Trinajstić information content (AvgIpc) is 2.63. The van der Waals surface area contributed by atoms with Gasteiger partial charge in [0.25, 0.3) is 0 Å². The second-order valence-electron chi connectivity index (χ2n) is 5.41. The number of fused-ring (bicyclic) bond motifs is 3. The van der Waals surface area contributed by atoms with Crippen LogP contribution in [0, 0.1) is 11.3 Å². The Labute approximate surface area is 95.3 Å². The van der Waals surface area contributed by atoms with Crippen LogP contribution in [-0.2, 0) is 5.60 Å². The number of aliphatic hydroxyl groups is 1. The first-order valence-electron chi connectivity index (χ1n) is 5.88. The predicted molar refractivity (Wildman–Crippen MR) is 61.2 cm³/mol. The maximum absolute atomic E-state index is 12.4. The summed E-state index contributed by atoms with van der Waals surface area (Å²) in [5.41, 5.74) is 0.0168. The van der Waals surface area contributed by atoms with E-state index >= 15 is 0 Å². The van der Waals surface area contributed by atoms with Crippen molar-refractivity contribution in [2.24, 2.45) is 11.3 Å². The Balaban J connectivity index is 2.33. The molecule has 1 fully saturated rings. The highest BCUT2D eigenvalue weighted by Gasteiger charge is 2.65. The highest BCUT2D eigenvalue weighted by molar-refractivity contribution is 6.06. The van der Waals surface area contributed by atoms with Gasteiger partial charge in [0.1, 0.15) is 5.60 Å². The first kappa shape index (κ1) is 10.0. The van der Waals surface area contributed by atoms with Crippen LogP contribution in [0.15, 0.2) is 24.3 Å². The molecule has 3 rings (SSSR count). The van der Waals surface area contributed by atoms with E-state index in [1.54, 1.807) is 0 Å². The van der Waals surface area contributed by atoms with Crippen molar-refractivity contribution in [1.82, 2.24) is 0 Å². The Morgan fingerprint density at radius 3 is 2.81 bits per heavy atom. The van der Waals surface area contributed by atoms with Crippen LogP contribution in [0.5, 0.6) is 0 Å². The molecule has 3 atom stereocenters. The SMILES string of the molecule is C[C@H]1CC[C@]2(C)C(=O)c3ccccc3[C@]12O. The molecular formula is C14H16O2. The highest BCUT2D eigenvalue weighted by atomic mass is 16.3. The molecule has 0 unspecified atom stereocenters. The second kappa shape index (κ2) is 2.75. The summed E-state index contributed by atoms with van der Waals surface area (Å²) in [5.74, 6) is 0.278. The summed E-state index contributed by atoms with van der Waals surface area (Å²) in [7, 11) is 0. The smallest absolute Gasteiger partial charge is 0.172 e. The van der Waals surface area contributed by atoms with Crippen molar-refractivity contribution in [1.29, 1.82) is 0 Å². The summed E-state index contributed by atoms with van der Waals surface area (Å²) in [4.78, 5) is 12.4. The van der Waals surface area contributed by atoms with Crippen molar-refractivity contribution in [2.75, 3.05) is 0 Å². The lowest BCUT2D eigenvalue weighted by Gasteiger charge is -2.35. The summed E-state index contributed by atoms with van der Waals surface area (Å²) >= 11 is 0. The van der Waals surface area contributed by atoms with Gasteiger partial charge in [-0.05, 0) is 31.2 Å². The van der Waals surface area contributed by atoms with E-state index in [9.17, 15) is 9.90 Å². The summed E-state index contributed by atoms with van der Waals surface area (Å²) in [6, 6.07) is 7.52. The van der Waals surface area contributed by atoms with E-state index in [2.05, 4.69) is 0 Å². The van der Waals surface area contributed by atoms with Gasteiger partial charge in [-0.3, -0.25) is 4.79 Å². The number of ketones is 1. The van der Waals surface area contributed by atoms with Crippen LogP contribution in [0.2, 0.25) is 0 Å². The van der Waals surface area contributed by atoms with Crippen LogP contribution in [0.1, 0.15) is 42.6 Å². The largest absolute Gasteiger partial charge is 0.384 e. The summed E-state index contributed by atoms with van der Waals surface area (Å²) in [5, 5.41) is 11.0. The fourth-order valence-electron chi connectivity index (χ4n) is 3.61. The topological polar surface area (TPSA) is 37.3 Å². The fraction of sp³-hybridized carbons (Fsp3) is 0.500. The van der Waals surface area contributed by atoms with Gasteiger partial charge < -0.3 is 5.11 Å². The van der Waals surface area contributed by atoms with E-state index in [4.69, 9.17) is 0 Å². The first-order valence-corrected chi connectivity index (χ1v) is 5.88. The molecule has 1 aromatic rings. The zero-order valence-corrected chi connectivity index (χ0v) is 9.66. The lowest BCUT2D eigenvalue weighted by atomic mass is 9.73. The van der Waals surface area contributed by atoms with Crippen LogP contribution >= 0.6 is 0 Å². The molecule has 0 amide bonds. The number of rotatable bonds is 0. The van der Waals surface area contributed by atoms with E-state index in [0.29, 0.717) is 0 Å². The summed E-state index contributed by atoms with van der Waals surface area (Å²) in [6.07, 6.45) is 1.71. The third kappa shape index (κ3) is 0.822. The number of benzene rings is 1. The van der Waals surface area contributed by atoms with Gasteiger partial charge in [0.15, 0.2) is 5.78 Å². The van der Waals surface area contributed by atoms with Gasteiger partial charge in [-0.1, -0.05) is 31.2 Å². The molecule has 0 aliphatic heterocycles. The van der Waals surface area contributed by atoms with E-state index < -0.39 is 11.0 Å². The van der Waals surface area contributed by atoms with Gasteiger partial charge in [-0.25, -0.2) is 0 Å². The number of carbonyl (C=O) groups is 1. The predicted octanol–water partition coefficient (Wildman–Crippen LogP) is 2.51. The minimum Gasteiger partial charge on any atom is -0.384 e. The third-order valence-corrected chi connectivity index (χ3v) is 4.72. The number of Topliss-reactive ketones (excluding diaryl/α,β-unsaturated/α-hetero) is 1. The quantitative estimate of drug-likeness (QED) is 0.723. The van der Waals surface area contributed by atoms with Crippen molar-refractivity contribution in [3.63, 3.8) is 0 Å². The molecule has 1 saturated carbocycles. The molecule has 0 saturated heterocycles. The van der Waals surface area contributed by atoms with Gasteiger partial charge in [-0.15, -0.1) is 0 Å². The van der Waals surface area contributed by atoms with Crippen molar-refractivity contribution in [3.05, 3.63) is 35.4 Å². The van der Waals surface area contributed by atoms with Gasteiger partial charge in [-0.2, -0.15) is 0 Å². The number of hydrogen-bond donors (Lipinski definition) is 1. The van der Waals surface area contributed by atoms with Crippen LogP contribution in [0.3, 0.4) is 0 Å². The molecule has 0 radical (unpaired) electrons. The average molecular weight is 216 g/mol. The Morgan fingerprint density at radius 2 is 2.06 bits per heavy atom. The van der Waals surface area contributed by atoms with Crippen molar-refractivity contribution >= 4 is 5.78 Å². The molecule has 0 aromatic heterocycles. The van der Waals surface area contributed by atoms with Crippen molar-refractivity contribution < 1.29 is 9.90 Å². The van der Waals surface area contributed by atoms with E-state index in [-0.39, 0.29) is 11.7 Å². The molecule has 2 heteroatoms. The Kier molecular flexibility index (Phi) is 1.72. The van der Waals surface area contributed by atoms with Gasteiger partial charge in [0, 0.05) is 5.56 Å². The molecule has 2 aliphatic carbocycles. The monoisotopic (exact) mass is 216 g/mol. The normalized spacial score (nSPS) is 40.9. The highest BCUT2D eigenvalue weighted by Crippen LogP contribution is 2.61. The minimum atomic E-state index is -0.944. The summed E-state index contributed by atoms with van der Waals surface area (Å²) < 4.78 is 0. The zero-order valence-electron chi connectivity index (χ0n) is 9.66. The maximum atomic E-state index is 12.4. The van der Waals surface area contributed by atoms with Gasteiger partial charge in [0.05, 0.1) is 5.41 Å². The minimum absolute atomic E-state index is 0.120. The number of hydrogen-bond acceptors (Lipinski definition) is 2. The van der Waals surface area contributed by atoms with E-state index in [0.717, 1.165) is 24.0 Å². The van der Waals surface area contributed by atoms with Gasteiger partial charge in [0.2, 0.25) is 0 Å². The lowest BCUT2D eigenvalue weighted by molar-refractivity contribution is -0.0599. The third-order valence-electron chi connectivity index (χ3n) is 4.72. The van der Waals surface area contributed by atoms with Crippen LogP contribution < -0.4 is 0 Å². The molecule has 1 N–H and O–H groups in total. The molecule has 2 nitrogen and oxygen atoms in total. The van der Waals surface area contributed by atoms with Crippen LogP contribution in [-0.4, -0.2) is 10.9 Å². The standard InChI is InChI=1S/C14H16O2/c1-9-7-8-13(2)12(15)10-5-3-4-6-11(10)14(9,13)16/h3-6,9,16H,7-8H2,1-2H3/t9-,13+,14+/m0/s1. The molecule has 1 aromatic carbocycles. The fourth-order valence-corrected chi connectivity index (χ4v) is 3.61. The zero-order chi connectivity index (χ0) is 11.6. The molecule has 0 bridgehead atoms. The van der Waals surface area contributed by atoms with E-state index in [1.165, 1.54) is 0 Å². The van der Waals surface area contributed by atoms with Crippen LogP contribution in [0.25, 0.3) is 0 Å². The molecule has 2 aliphatic rings. The molecular weight excluding hydrogens is 200 g/mol. The van der Waals surface area contributed by atoms with Crippen molar-refractivity contribution in [2.45, 2.75) is 32.3 Å². The molecule has 16 heavy (non-hydrogen) atoms. The Hall–Kier alpha value is -1.15. The summed E-state index contributed by atoms with van der Waals surface area (Å²) in [6.45, 7) is 3.96. The maximum Gasteiger partial charge on any atom is 0.172 e. The number of carbonyl (C=O) groups excluding carboxylic acids is 1.